The molecule has 5 heterocycles. The Morgan fingerprint density at radius 1 is 0.755 bits per heavy atom. The van der Waals surface area contributed by atoms with Crippen molar-refractivity contribution in [2.45, 2.75) is 43.8 Å². The molecule has 2 aliphatic rings. The van der Waals surface area contributed by atoms with Gasteiger partial charge in [-0.25, -0.2) is 19.7 Å². The zero-order chi connectivity index (χ0) is 36.5. The third kappa shape index (κ3) is 6.57. The molecule has 6 aromatic rings. The van der Waals surface area contributed by atoms with E-state index in [1.807, 2.05) is 18.2 Å². The van der Waals surface area contributed by atoms with Crippen LogP contribution in [0.2, 0.25) is 0 Å². The molecule has 0 aliphatic carbocycles. The number of aromatic amines is 2. The average Bonchev–Trinajstić information content (AvgIpc) is 4.05. The first kappa shape index (κ1) is 33.6. The third-order valence-electron chi connectivity index (χ3n) is 10.3. The first-order chi connectivity index (χ1) is 25.9. The van der Waals surface area contributed by atoms with Crippen molar-refractivity contribution in [2.75, 3.05) is 20.1 Å². The van der Waals surface area contributed by atoms with Crippen molar-refractivity contribution in [1.82, 2.24) is 39.6 Å². The van der Waals surface area contributed by atoms with Crippen LogP contribution < -0.4 is 0 Å². The van der Waals surface area contributed by atoms with Crippen molar-refractivity contribution >= 4 is 17.9 Å². The second-order valence-electron chi connectivity index (χ2n) is 13.4. The number of nitrogens with one attached hydrogen (secondary N) is 2. The number of H-pyrrole nitrogens is 2. The standard InChI is InChI=1S/C40H38N8O5/c1-46(40(51)52)34(29-7-3-2-4-8-29)38(49)47-20-5-9-32(47)35-42-23-30(44-35)27-15-11-25(12-16-27)26-13-17-28(18-14-26)31-24-43-36(45-31)33-10-6-21-48(33)39(50)37-41-19-22-53-37/h2-4,7-8,11-19,22-24,32-34H,5-6,9-10,20-21H2,1H3,(H,42,44)(H,43,45)(H,51,52)/t32-,33-,34+/m0/s1. The predicted octanol–water partition coefficient (Wildman–Crippen LogP) is 7.11. The lowest BCUT2D eigenvalue weighted by atomic mass is 10.0. The lowest BCUT2D eigenvalue weighted by Crippen LogP contribution is -2.43. The molecule has 0 spiro atoms. The van der Waals surface area contributed by atoms with E-state index in [2.05, 4.69) is 61.3 Å². The summed E-state index contributed by atoms with van der Waals surface area (Å²) in [6.07, 6.45) is 8.52. The SMILES string of the molecule is CN(C(=O)O)[C@@H](C(=O)N1CCC[C@H]1c1ncc(-c2ccc(-c3ccc(-c4cnc([C@@H]5CCCN5C(=O)c5ncco5)[nH]4)cc3)cc2)[nH]1)c1ccccc1. The maximum absolute atomic E-state index is 13.9. The molecule has 8 rings (SSSR count). The summed E-state index contributed by atoms with van der Waals surface area (Å²) in [6, 6.07) is 24.1. The van der Waals surface area contributed by atoms with Crippen LogP contribution in [0, 0.1) is 0 Å². The summed E-state index contributed by atoms with van der Waals surface area (Å²) >= 11 is 0. The summed E-state index contributed by atoms with van der Waals surface area (Å²) in [5, 5.41) is 9.77. The highest BCUT2D eigenvalue weighted by atomic mass is 16.4. The number of carbonyl (C=O) groups is 3. The quantitative estimate of drug-likeness (QED) is 0.143. The van der Waals surface area contributed by atoms with Crippen LogP contribution in [-0.2, 0) is 4.79 Å². The molecule has 2 fully saturated rings. The van der Waals surface area contributed by atoms with Gasteiger partial charge in [-0.3, -0.25) is 14.5 Å². The number of likely N-dealkylation sites (N-methyl/N-ethyl adjacent to an activating group) is 1. The monoisotopic (exact) mass is 710 g/mol. The third-order valence-corrected chi connectivity index (χ3v) is 10.3. The lowest BCUT2D eigenvalue weighted by Gasteiger charge is -2.32. The van der Waals surface area contributed by atoms with Crippen LogP contribution in [0.3, 0.4) is 0 Å². The van der Waals surface area contributed by atoms with Crippen molar-refractivity contribution in [3.63, 3.8) is 0 Å². The smallest absolute Gasteiger partial charge is 0.407 e. The molecule has 2 aliphatic heterocycles. The fourth-order valence-electron chi connectivity index (χ4n) is 7.49. The van der Waals surface area contributed by atoms with Gasteiger partial charge in [-0.15, -0.1) is 0 Å². The number of rotatable bonds is 9. The number of imidazole rings is 2. The minimum atomic E-state index is -1.17. The second kappa shape index (κ2) is 14.3. The van der Waals surface area contributed by atoms with Gasteiger partial charge in [0.25, 0.3) is 11.8 Å². The minimum Gasteiger partial charge on any atom is -0.465 e. The molecule has 0 saturated carbocycles. The number of benzene rings is 3. The molecule has 3 atom stereocenters. The molecule has 13 nitrogen and oxygen atoms in total. The number of hydrogen-bond donors (Lipinski definition) is 3. The Kier molecular flexibility index (Phi) is 9.05. The van der Waals surface area contributed by atoms with Gasteiger partial charge in [0.2, 0.25) is 0 Å². The summed E-state index contributed by atoms with van der Waals surface area (Å²) in [6.45, 7) is 1.15. The van der Waals surface area contributed by atoms with Gasteiger partial charge in [0.1, 0.15) is 24.0 Å². The van der Waals surface area contributed by atoms with E-state index in [-0.39, 0.29) is 29.8 Å². The Hall–Kier alpha value is -6.50. The number of aromatic nitrogens is 5. The Balaban J connectivity index is 0.942. The molecule has 0 radical (unpaired) electrons. The van der Waals surface area contributed by atoms with E-state index in [0.29, 0.717) is 24.5 Å². The fourth-order valence-corrected chi connectivity index (χ4v) is 7.49. The maximum Gasteiger partial charge on any atom is 0.407 e. The van der Waals surface area contributed by atoms with Crippen molar-refractivity contribution in [3.05, 3.63) is 127 Å². The van der Waals surface area contributed by atoms with Crippen molar-refractivity contribution in [3.8, 4) is 33.6 Å². The van der Waals surface area contributed by atoms with Gasteiger partial charge in [-0.05, 0) is 53.5 Å². The zero-order valence-corrected chi connectivity index (χ0v) is 29.1. The summed E-state index contributed by atoms with van der Waals surface area (Å²) < 4.78 is 5.24. The summed E-state index contributed by atoms with van der Waals surface area (Å²) in [4.78, 5) is 63.6. The number of oxazole rings is 1. The van der Waals surface area contributed by atoms with Crippen molar-refractivity contribution in [1.29, 1.82) is 0 Å². The molecule has 3 amide bonds. The number of hydrogen-bond acceptors (Lipinski definition) is 7. The van der Waals surface area contributed by atoms with Crippen molar-refractivity contribution in [2.24, 2.45) is 0 Å². The van der Waals surface area contributed by atoms with Crippen LogP contribution in [0.25, 0.3) is 33.6 Å². The largest absolute Gasteiger partial charge is 0.465 e. The highest BCUT2D eigenvalue weighted by Gasteiger charge is 2.39. The number of likely N-dealkylation sites (tertiary alicyclic amines) is 2. The Labute approximate surface area is 305 Å². The topological polar surface area (TPSA) is 165 Å². The first-order valence-corrected chi connectivity index (χ1v) is 17.7. The molecular weight excluding hydrogens is 672 g/mol. The van der Waals surface area contributed by atoms with E-state index in [1.165, 1.54) is 19.5 Å². The molecule has 0 unspecified atom stereocenters. The molecule has 53 heavy (non-hydrogen) atoms. The summed E-state index contributed by atoms with van der Waals surface area (Å²) in [5.74, 6) is 1.02. The molecule has 13 heteroatoms. The fraction of sp³-hybridized carbons (Fsp3) is 0.250. The van der Waals surface area contributed by atoms with E-state index in [4.69, 9.17) is 4.42 Å². The molecule has 0 bridgehead atoms. The lowest BCUT2D eigenvalue weighted by molar-refractivity contribution is -0.137. The number of amides is 3. The van der Waals surface area contributed by atoms with Crippen molar-refractivity contribution < 1.29 is 23.9 Å². The molecule has 2 saturated heterocycles. The van der Waals surface area contributed by atoms with E-state index in [9.17, 15) is 19.5 Å². The molecule has 268 valence electrons. The normalized spacial score (nSPS) is 17.6. The van der Waals surface area contributed by atoms with Crippen LogP contribution in [0.1, 0.15) is 71.7 Å². The van der Waals surface area contributed by atoms with Gasteiger partial charge in [-0.1, -0.05) is 78.9 Å². The first-order valence-electron chi connectivity index (χ1n) is 17.7. The van der Waals surface area contributed by atoms with Gasteiger partial charge in [-0.2, -0.15) is 0 Å². The average molecular weight is 711 g/mol. The van der Waals surface area contributed by atoms with Crippen LogP contribution in [0.15, 0.2) is 108 Å². The highest BCUT2D eigenvalue weighted by molar-refractivity contribution is 5.90. The zero-order valence-electron chi connectivity index (χ0n) is 29.1. The minimum absolute atomic E-state index is 0.0900. The van der Waals surface area contributed by atoms with Gasteiger partial charge < -0.3 is 29.3 Å². The van der Waals surface area contributed by atoms with Crippen LogP contribution in [-0.4, -0.2) is 82.8 Å². The van der Waals surface area contributed by atoms with Crippen LogP contribution in [0.5, 0.6) is 0 Å². The second-order valence-corrected chi connectivity index (χ2v) is 13.4. The van der Waals surface area contributed by atoms with Gasteiger partial charge in [0, 0.05) is 20.1 Å². The van der Waals surface area contributed by atoms with Gasteiger partial charge in [0.05, 0.1) is 42.1 Å². The van der Waals surface area contributed by atoms with E-state index >= 15 is 0 Å². The Morgan fingerprint density at radius 2 is 1.28 bits per heavy atom. The molecule has 3 aromatic carbocycles. The predicted molar refractivity (Wildman–Crippen MR) is 195 cm³/mol. The Morgan fingerprint density at radius 3 is 1.81 bits per heavy atom. The number of carbonyl (C=O) groups excluding carboxylic acids is 2. The van der Waals surface area contributed by atoms with Gasteiger partial charge >= 0.3 is 12.0 Å². The maximum atomic E-state index is 13.9. The molecule has 3 N–H and O–H groups in total. The van der Waals surface area contributed by atoms with Gasteiger partial charge in [0.15, 0.2) is 0 Å². The summed E-state index contributed by atoms with van der Waals surface area (Å²) in [7, 11) is 1.43. The number of carboxylic acid groups (broad SMARTS) is 1. The Bertz CT molecular complexity index is 2210. The molecular formula is C40H38N8O5. The molecule has 3 aromatic heterocycles. The number of nitrogens with zero attached hydrogens (tertiary/aromatic N) is 6. The van der Waals surface area contributed by atoms with E-state index in [0.717, 1.165) is 70.0 Å². The van der Waals surface area contributed by atoms with Crippen LogP contribution in [0.4, 0.5) is 4.79 Å². The van der Waals surface area contributed by atoms with E-state index < -0.39 is 12.1 Å². The van der Waals surface area contributed by atoms with Crippen LogP contribution >= 0.6 is 0 Å². The van der Waals surface area contributed by atoms with E-state index in [1.54, 1.807) is 46.5 Å². The summed E-state index contributed by atoms with van der Waals surface area (Å²) in [5.41, 5.74) is 6.40. The highest BCUT2D eigenvalue weighted by Crippen LogP contribution is 2.36.